The minimum absolute atomic E-state index is 0.0324. The number of hydrogen-bond acceptors (Lipinski definition) is 3. The van der Waals surface area contributed by atoms with Gasteiger partial charge in [0.2, 0.25) is 0 Å². The first kappa shape index (κ1) is 16.0. The van der Waals surface area contributed by atoms with Gasteiger partial charge in [0.15, 0.2) is 0 Å². The third-order valence-corrected chi connectivity index (χ3v) is 3.20. The van der Waals surface area contributed by atoms with Gasteiger partial charge in [0, 0.05) is 25.4 Å². The fourth-order valence-corrected chi connectivity index (χ4v) is 2.19. The van der Waals surface area contributed by atoms with Crippen LogP contribution in [0.1, 0.15) is 29.9 Å². The van der Waals surface area contributed by atoms with E-state index in [0.29, 0.717) is 18.1 Å². The van der Waals surface area contributed by atoms with E-state index in [1.807, 2.05) is 37.4 Å². The second-order valence-electron chi connectivity index (χ2n) is 5.71. The van der Waals surface area contributed by atoms with Crippen LogP contribution in [-0.4, -0.2) is 29.4 Å². The molecule has 2 rings (SSSR count). The predicted molar refractivity (Wildman–Crippen MR) is 86.8 cm³/mol. The second-order valence-corrected chi connectivity index (χ2v) is 5.71. The maximum Gasteiger partial charge on any atom is 0.253 e. The van der Waals surface area contributed by atoms with Crippen molar-refractivity contribution in [1.82, 2.24) is 9.88 Å². The molecule has 22 heavy (non-hydrogen) atoms. The molecule has 0 aliphatic rings. The topological polar surface area (TPSA) is 42.4 Å². The average molecular weight is 298 g/mol. The lowest BCUT2D eigenvalue weighted by molar-refractivity contribution is 0.0779. The summed E-state index contributed by atoms with van der Waals surface area (Å²) in [5.41, 5.74) is 1.55. The lowest BCUT2D eigenvalue weighted by Gasteiger charge is -2.19. The number of aromatic nitrogens is 1. The Labute approximate surface area is 131 Å². The van der Waals surface area contributed by atoms with E-state index in [4.69, 9.17) is 4.74 Å². The molecule has 0 fully saturated rings. The normalized spacial score (nSPS) is 10.5. The number of ether oxygens (including phenoxy) is 1. The van der Waals surface area contributed by atoms with Crippen LogP contribution >= 0.6 is 0 Å². The highest BCUT2D eigenvalue weighted by molar-refractivity contribution is 5.94. The Morgan fingerprint density at radius 1 is 1.18 bits per heavy atom. The summed E-state index contributed by atoms with van der Waals surface area (Å²) in [5, 5.41) is 0. The van der Waals surface area contributed by atoms with Crippen molar-refractivity contribution in [1.29, 1.82) is 0 Å². The molecule has 0 saturated heterocycles. The van der Waals surface area contributed by atoms with E-state index >= 15 is 0 Å². The van der Waals surface area contributed by atoms with Gasteiger partial charge in [0.05, 0.1) is 5.69 Å². The van der Waals surface area contributed by atoms with Gasteiger partial charge in [-0.15, -0.1) is 0 Å². The lowest BCUT2D eigenvalue weighted by Crippen LogP contribution is -2.30. The van der Waals surface area contributed by atoms with Crippen molar-refractivity contribution >= 4 is 5.91 Å². The van der Waals surface area contributed by atoms with Crippen LogP contribution in [0.2, 0.25) is 0 Å². The van der Waals surface area contributed by atoms with Crippen molar-refractivity contribution in [3.63, 3.8) is 0 Å². The molecule has 0 N–H and O–H groups in total. The molecule has 116 valence electrons. The smallest absolute Gasteiger partial charge is 0.253 e. The number of carbonyl (C=O) groups is 1. The van der Waals surface area contributed by atoms with E-state index in [1.165, 1.54) is 0 Å². The molecule has 1 aromatic heterocycles. The minimum Gasteiger partial charge on any atom is -0.487 e. The summed E-state index contributed by atoms with van der Waals surface area (Å²) in [6, 6.07) is 13.0. The summed E-state index contributed by atoms with van der Waals surface area (Å²) < 4.78 is 5.66. The van der Waals surface area contributed by atoms with Gasteiger partial charge in [-0.2, -0.15) is 0 Å². The van der Waals surface area contributed by atoms with Gasteiger partial charge in [-0.1, -0.05) is 19.9 Å². The van der Waals surface area contributed by atoms with Crippen LogP contribution in [0.4, 0.5) is 0 Å². The van der Waals surface area contributed by atoms with E-state index in [1.54, 1.807) is 23.2 Å². The van der Waals surface area contributed by atoms with Crippen molar-refractivity contribution in [2.75, 3.05) is 13.6 Å². The van der Waals surface area contributed by atoms with Gasteiger partial charge >= 0.3 is 0 Å². The Bertz CT molecular complexity index is 594. The molecule has 4 nitrogen and oxygen atoms in total. The number of amides is 1. The summed E-state index contributed by atoms with van der Waals surface area (Å²) in [4.78, 5) is 18.2. The Kier molecular flexibility index (Phi) is 5.53. The van der Waals surface area contributed by atoms with Crippen LogP contribution in [-0.2, 0) is 6.61 Å². The summed E-state index contributed by atoms with van der Waals surface area (Å²) >= 11 is 0. The summed E-state index contributed by atoms with van der Waals surface area (Å²) in [7, 11) is 1.83. The zero-order chi connectivity index (χ0) is 15.9. The van der Waals surface area contributed by atoms with Gasteiger partial charge in [-0.25, -0.2) is 0 Å². The van der Waals surface area contributed by atoms with Gasteiger partial charge in [-0.3, -0.25) is 9.78 Å². The molecule has 0 aliphatic carbocycles. The monoisotopic (exact) mass is 298 g/mol. The third-order valence-electron chi connectivity index (χ3n) is 3.20. The number of rotatable bonds is 6. The minimum atomic E-state index is 0.0324. The van der Waals surface area contributed by atoms with E-state index < -0.39 is 0 Å². The molecule has 0 unspecified atom stereocenters. The second kappa shape index (κ2) is 7.59. The van der Waals surface area contributed by atoms with E-state index in [-0.39, 0.29) is 5.91 Å². The molecule has 4 heteroatoms. The van der Waals surface area contributed by atoms with Crippen molar-refractivity contribution < 1.29 is 9.53 Å². The highest BCUT2D eigenvalue weighted by atomic mass is 16.5. The van der Waals surface area contributed by atoms with Gasteiger partial charge in [0.25, 0.3) is 5.91 Å². The molecule has 1 aromatic carbocycles. The van der Waals surface area contributed by atoms with Crippen molar-refractivity contribution in [3.05, 3.63) is 59.9 Å². The van der Waals surface area contributed by atoms with Crippen molar-refractivity contribution in [2.45, 2.75) is 20.5 Å². The van der Waals surface area contributed by atoms with E-state index in [9.17, 15) is 4.79 Å². The Morgan fingerprint density at radius 3 is 2.50 bits per heavy atom. The highest BCUT2D eigenvalue weighted by Gasteiger charge is 2.12. The van der Waals surface area contributed by atoms with Crippen LogP contribution < -0.4 is 4.74 Å². The molecule has 2 aromatic rings. The first-order chi connectivity index (χ1) is 10.6. The van der Waals surface area contributed by atoms with Crippen molar-refractivity contribution in [2.24, 2.45) is 5.92 Å². The number of carbonyl (C=O) groups excluding carboxylic acids is 1. The average Bonchev–Trinajstić information content (AvgIpc) is 2.53. The SMILES string of the molecule is CC(C)CN(C)C(=O)c1ccc(OCc2ccccn2)cc1. The summed E-state index contributed by atoms with van der Waals surface area (Å²) in [5.74, 6) is 1.22. The fraction of sp³-hybridized carbons (Fsp3) is 0.333. The van der Waals surface area contributed by atoms with E-state index in [2.05, 4.69) is 18.8 Å². The number of benzene rings is 1. The number of hydrogen-bond donors (Lipinski definition) is 0. The standard InChI is InChI=1S/C18H22N2O2/c1-14(2)12-20(3)18(21)15-7-9-17(10-8-15)22-13-16-6-4-5-11-19-16/h4-11,14H,12-13H2,1-3H3. The zero-order valence-corrected chi connectivity index (χ0v) is 13.3. The van der Waals surface area contributed by atoms with Crippen LogP contribution in [0.25, 0.3) is 0 Å². The Balaban J connectivity index is 1.94. The summed E-state index contributed by atoms with van der Waals surface area (Å²) in [6.07, 6.45) is 1.74. The predicted octanol–water partition coefficient (Wildman–Crippen LogP) is 3.39. The van der Waals surface area contributed by atoms with Crippen LogP contribution in [0, 0.1) is 5.92 Å². The molecule has 0 saturated carbocycles. The zero-order valence-electron chi connectivity index (χ0n) is 13.3. The maximum atomic E-state index is 12.2. The molecule has 0 bridgehead atoms. The van der Waals surface area contributed by atoms with E-state index in [0.717, 1.165) is 18.0 Å². The first-order valence-electron chi connectivity index (χ1n) is 7.44. The highest BCUT2D eigenvalue weighted by Crippen LogP contribution is 2.15. The Morgan fingerprint density at radius 2 is 1.91 bits per heavy atom. The molecule has 0 atom stereocenters. The number of pyridine rings is 1. The largest absolute Gasteiger partial charge is 0.487 e. The molecule has 0 aliphatic heterocycles. The lowest BCUT2D eigenvalue weighted by atomic mass is 10.1. The molecule has 0 radical (unpaired) electrons. The molecule has 0 spiro atoms. The van der Waals surface area contributed by atoms with Crippen molar-refractivity contribution in [3.8, 4) is 5.75 Å². The van der Waals surface area contributed by atoms with Crippen LogP contribution in [0.3, 0.4) is 0 Å². The molecule has 1 amide bonds. The van der Waals surface area contributed by atoms with Gasteiger partial charge in [-0.05, 0) is 42.3 Å². The third kappa shape index (κ3) is 4.58. The van der Waals surface area contributed by atoms with Gasteiger partial charge < -0.3 is 9.64 Å². The van der Waals surface area contributed by atoms with Crippen LogP contribution in [0.15, 0.2) is 48.7 Å². The number of nitrogens with zero attached hydrogens (tertiary/aromatic N) is 2. The van der Waals surface area contributed by atoms with Gasteiger partial charge in [0.1, 0.15) is 12.4 Å². The molecule has 1 heterocycles. The molecular formula is C18H22N2O2. The first-order valence-corrected chi connectivity index (χ1v) is 7.44. The maximum absolute atomic E-state index is 12.2. The van der Waals surface area contributed by atoms with Crippen LogP contribution in [0.5, 0.6) is 5.75 Å². The quantitative estimate of drug-likeness (QED) is 0.821. The Hall–Kier alpha value is -2.36. The molecular weight excluding hydrogens is 276 g/mol. The summed E-state index contributed by atoms with van der Waals surface area (Å²) in [6.45, 7) is 5.36. The fourth-order valence-electron chi connectivity index (χ4n) is 2.19.